The van der Waals surface area contributed by atoms with Gasteiger partial charge in [-0.15, -0.1) is 0 Å². The van der Waals surface area contributed by atoms with Crippen LogP contribution < -0.4 is 10.6 Å². The number of rotatable bonds is 2. The van der Waals surface area contributed by atoms with E-state index < -0.39 is 0 Å². The predicted octanol–water partition coefficient (Wildman–Crippen LogP) is 1.37. The van der Waals surface area contributed by atoms with Gasteiger partial charge < -0.3 is 10.6 Å². The number of hydrogen-bond donors (Lipinski definition) is 2. The second-order valence-electron chi connectivity index (χ2n) is 4.18. The minimum absolute atomic E-state index is 0.0700. The van der Waals surface area contributed by atoms with E-state index in [2.05, 4.69) is 15.6 Å². The number of carbonyl (C=O) groups is 2. The van der Waals surface area contributed by atoms with Gasteiger partial charge in [0.05, 0.1) is 16.1 Å². The normalized spacial score (nSPS) is 18.9. The highest BCUT2D eigenvalue weighted by Crippen LogP contribution is 2.26. The predicted molar refractivity (Wildman–Crippen MR) is 69.4 cm³/mol. The van der Waals surface area contributed by atoms with Gasteiger partial charge in [0.15, 0.2) is 5.13 Å². The molecule has 6 heteroatoms. The quantitative estimate of drug-likeness (QED) is 0.857. The van der Waals surface area contributed by atoms with Crippen molar-refractivity contribution in [3.8, 4) is 0 Å². The summed E-state index contributed by atoms with van der Waals surface area (Å²) in [6.45, 7) is 0.412. The lowest BCUT2D eigenvalue weighted by Crippen LogP contribution is -2.24. The van der Waals surface area contributed by atoms with E-state index in [9.17, 15) is 9.59 Å². The number of hydrogen-bond acceptors (Lipinski definition) is 4. The number of nitrogens with zero attached hydrogens (tertiary/aromatic N) is 1. The van der Waals surface area contributed by atoms with E-state index in [0.29, 0.717) is 11.7 Å². The van der Waals surface area contributed by atoms with Gasteiger partial charge in [0.2, 0.25) is 11.8 Å². The zero-order valence-electron chi connectivity index (χ0n) is 9.47. The van der Waals surface area contributed by atoms with Crippen LogP contribution in [0.3, 0.4) is 0 Å². The number of amides is 2. The lowest BCUT2D eigenvalue weighted by atomic mass is 10.1. The van der Waals surface area contributed by atoms with Gasteiger partial charge >= 0.3 is 0 Å². The number of anilines is 1. The van der Waals surface area contributed by atoms with Crippen molar-refractivity contribution in [2.75, 3.05) is 11.9 Å². The molecule has 3 rings (SSSR count). The van der Waals surface area contributed by atoms with Gasteiger partial charge in [0, 0.05) is 13.0 Å². The van der Waals surface area contributed by atoms with Crippen LogP contribution in [0.15, 0.2) is 24.3 Å². The van der Waals surface area contributed by atoms with Crippen LogP contribution in [0, 0.1) is 5.92 Å². The Labute approximate surface area is 107 Å². The van der Waals surface area contributed by atoms with Gasteiger partial charge in [-0.1, -0.05) is 23.5 Å². The summed E-state index contributed by atoms with van der Waals surface area (Å²) in [7, 11) is 0. The maximum atomic E-state index is 11.9. The molecular formula is C12H11N3O2S. The second kappa shape index (κ2) is 4.38. The molecule has 2 amide bonds. The molecule has 18 heavy (non-hydrogen) atoms. The number of benzene rings is 1. The smallest absolute Gasteiger partial charge is 0.231 e. The summed E-state index contributed by atoms with van der Waals surface area (Å²) in [5.74, 6) is -0.503. The highest BCUT2D eigenvalue weighted by molar-refractivity contribution is 7.22. The molecule has 2 heterocycles. The number of nitrogens with one attached hydrogen (secondary N) is 2. The molecule has 1 saturated heterocycles. The largest absolute Gasteiger partial charge is 0.355 e. The molecule has 0 saturated carbocycles. The average molecular weight is 261 g/mol. The van der Waals surface area contributed by atoms with Crippen LogP contribution in [-0.2, 0) is 9.59 Å². The highest BCUT2D eigenvalue weighted by Gasteiger charge is 2.28. The van der Waals surface area contributed by atoms with Gasteiger partial charge in [0.25, 0.3) is 0 Å². The fourth-order valence-electron chi connectivity index (χ4n) is 1.92. The van der Waals surface area contributed by atoms with Crippen LogP contribution in [-0.4, -0.2) is 23.3 Å². The van der Waals surface area contributed by atoms with Gasteiger partial charge in [-0.05, 0) is 12.1 Å². The van der Waals surface area contributed by atoms with E-state index in [1.165, 1.54) is 11.3 Å². The Morgan fingerprint density at radius 1 is 1.44 bits per heavy atom. The third kappa shape index (κ3) is 2.06. The molecule has 92 valence electrons. The number of fused-ring (bicyclic) bond motifs is 1. The first kappa shape index (κ1) is 11.2. The number of para-hydroxylation sites is 1. The molecule has 0 radical (unpaired) electrons. The van der Waals surface area contributed by atoms with E-state index in [0.717, 1.165) is 10.2 Å². The Kier molecular flexibility index (Phi) is 2.71. The molecule has 1 fully saturated rings. The molecule has 1 aliphatic heterocycles. The third-order valence-electron chi connectivity index (χ3n) is 2.87. The first-order chi connectivity index (χ1) is 8.72. The summed E-state index contributed by atoms with van der Waals surface area (Å²) in [5, 5.41) is 6.00. The van der Waals surface area contributed by atoms with Crippen molar-refractivity contribution < 1.29 is 9.59 Å². The topological polar surface area (TPSA) is 71.1 Å². The Morgan fingerprint density at radius 2 is 2.28 bits per heavy atom. The molecule has 0 aliphatic carbocycles. The van der Waals surface area contributed by atoms with Crippen LogP contribution in [0.2, 0.25) is 0 Å². The summed E-state index contributed by atoms with van der Waals surface area (Å²) in [4.78, 5) is 27.3. The Balaban J connectivity index is 1.75. The lowest BCUT2D eigenvalue weighted by molar-refractivity contribution is -0.123. The van der Waals surface area contributed by atoms with E-state index in [1.807, 2.05) is 24.3 Å². The van der Waals surface area contributed by atoms with Crippen molar-refractivity contribution in [3.63, 3.8) is 0 Å². The minimum Gasteiger partial charge on any atom is -0.355 e. The van der Waals surface area contributed by atoms with Crippen molar-refractivity contribution in [2.24, 2.45) is 5.92 Å². The summed E-state index contributed by atoms with van der Waals surface area (Å²) in [6.07, 6.45) is 0.261. The molecule has 5 nitrogen and oxygen atoms in total. The van der Waals surface area contributed by atoms with Crippen LogP contribution in [0.4, 0.5) is 5.13 Å². The summed E-state index contributed by atoms with van der Waals surface area (Å²) < 4.78 is 1.04. The van der Waals surface area contributed by atoms with Gasteiger partial charge in [-0.3, -0.25) is 9.59 Å². The van der Waals surface area contributed by atoms with Crippen LogP contribution in [0.1, 0.15) is 6.42 Å². The summed E-state index contributed by atoms with van der Waals surface area (Å²) in [5.41, 5.74) is 0.874. The monoisotopic (exact) mass is 261 g/mol. The van der Waals surface area contributed by atoms with Crippen molar-refractivity contribution in [2.45, 2.75) is 6.42 Å². The molecule has 1 atom stereocenters. The van der Waals surface area contributed by atoms with Crippen LogP contribution >= 0.6 is 11.3 Å². The van der Waals surface area contributed by atoms with E-state index >= 15 is 0 Å². The Hall–Kier alpha value is -1.95. The Bertz CT molecular complexity index is 590. The fraction of sp³-hybridized carbons (Fsp3) is 0.250. The van der Waals surface area contributed by atoms with Gasteiger partial charge in [-0.25, -0.2) is 4.98 Å². The molecule has 2 aromatic rings. The van der Waals surface area contributed by atoms with E-state index in [-0.39, 0.29) is 24.2 Å². The SMILES string of the molecule is O=C1CC(C(=O)Nc2nc3ccccc3s2)CN1. The molecular weight excluding hydrogens is 250 g/mol. The lowest BCUT2D eigenvalue weighted by Gasteiger charge is -2.05. The van der Waals surface area contributed by atoms with Crippen LogP contribution in [0.25, 0.3) is 10.2 Å². The van der Waals surface area contributed by atoms with Gasteiger partial charge in [0.1, 0.15) is 0 Å². The molecule has 1 unspecified atom stereocenters. The number of carbonyl (C=O) groups excluding carboxylic acids is 2. The fourth-order valence-corrected chi connectivity index (χ4v) is 2.79. The second-order valence-corrected chi connectivity index (χ2v) is 5.21. The molecule has 0 spiro atoms. The Morgan fingerprint density at radius 3 is 3.00 bits per heavy atom. The van der Waals surface area contributed by atoms with E-state index in [1.54, 1.807) is 0 Å². The maximum Gasteiger partial charge on any atom is 0.231 e. The minimum atomic E-state index is -0.287. The van der Waals surface area contributed by atoms with Crippen molar-refractivity contribution in [1.82, 2.24) is 10.3 Å². The first-order valence-electron chi connectivity index (χ1n) is 5.65. The molecule has 1 aromatic heterocycles. The standard InChI is InChI=1S/C12H11N3O2S/c16-10-5-7(6-13-10)11(17)15-12-14-8-3-1-2-4-9(8)18-12/h1-4,7H,5-6H2,(H,13,16)(H,14,15,17). The van der Waals surface area contributed by atoms with E-state index in [4.69, 9.17) is 0 Å². The molecule has 0 bridgehead atoms. The number of thiazole rings is 1. The molecule has 2 N–H and O–H groups in total. The zero-order valence-corrected chi connectivity index (χ0v) is 10.3. The summed E-state index contributed by atoms with van der Waals surface area (Å²) in [6, 6.07) is 7.71. The van der Waals surface area contributed by atoms with Crippen molar-refractivity contribution in [1.29, 1.82) is 0 Å². The van der Waals surface area contributed by atoms with Gasteiger partial charge in [-0.2, -0.15) is 0 Å². The van der Waals surface area contributed by atoms with Crippen molar-refractivity contribution >= 4 is 38.5 Å². The highest BCUT2D eigenvalue weighted by atomic mass is 32.1. The average Bonchev–Trinajstić information content (AvgIpc) is 2.94. The molecule has 1 aliphatic rings. The number of aromatic nitrogens is 1. The van der Waals surface area contributed by atoms with Crippen LogP contribution in [0.5, 0.6) is 0 Å². The molecule has 1 aromatic carbocycles. The maximum absolute atomic E-state index is 11.9. The summed E-state index contributed by atoms with van der Waals surface area (Å²) >= 11 is 1.44. The zero-order chi connectivity index (χ0) is 12.5. The van der Waals surface area contributed by atoms with Crippen molar-refractivity contribution in [3.05, 3.63) is 24.3 Å². The first-order valence-corrected chi connectivity index (χ1v) is 6.47. The third-order valence-corrected chi connectivity index (χ3v) is 3.82.